The molecule has 3 N–H and O–H groups in total. The molecule has 0 bridgehead atoms. The molecule has 1 heterocycles. The van der Waals surface area contributed by atoms with Crippen molar-refractivity contribution in [2.24, 2.45) is 0 Å². The number of rotatable bonds is 3. The van der Waals surface area contributed by atoms with Gasteiger partial charge in [-0.25, -0.2) is 4.39 Å². The lowest BCUT2D eigenvalue weighted by Crippen LogP contribution is -2.16. The van der Waals surface area contributed by atoms with Gasteiger partial charge in [-0.15, -0.1) is 0 Å². The lowest BCUT2D eigenvalue weighted by atomic mass is 10.1. The third kappa shape index (κ3) is 2.94. The molecule has 0 aliphatic heterocycles. The highest BCUT2D eigenvalue weighted by molar-refractivity contribution is 6.09. The molecular weight excluding hydrogens is 279 g/mol. The molecule has 0 aliphatic carbocycles. The van der Waals surface area contributed by atoms with Gasteiger partial charge < -0.3 is 11.1 Å². The van der Waals surface area contributed by atoms with Gasteiger partial charge in [0, 0.05) is 6.20 Å². The number of aromatic nitrogens is 1. The third-order valence-electron chi connectivity index (χ3n) is 2.82. The molecule has 1 aromatic carbocycles. The molecule has 0 fully saturated rings. The Morgan fingerprint density at radius 1 is 1.48 bits per heavy atom. The van der Waals surface area contributed by atoms with Crippen LogP contribution in [0.15, 0.2) is 30.5 Å². The maximum atomic E-state index is 13.4. The summed E-state index contributed by atoms with van der Waals surface area (Å²) in [4.78, 5) is 26.0. The Morgan fingerprint density at radius 3 is 2.81 bits per heavy atom. The first kappa shape index (κ1) is 14.4. The number of nitro groups is 1. The number of nitro benzene ring substituents is 1. The molecule has 108 valence electrons. The van der Waals surface area contributed by atoms with Crippen molar-refractivity contribution in [1.29, 1.82) is 0 Å². The number of aryl methyl sites for hydroxylation is 1. The highest BCUT2D eigenvalue weighted by atomic mass is 19.1. The predicted molar refractivity (Wildman–Crippen MR) is 74.4 cm³/mol. The molecule has 0 atom stereocenters. The minimum Gasteiger partial charge on any atom is -0.393 e. The summed E-state index contributed by atoms with van der Waals surface area (Å²) >= 11 is 0. The molecule has 2 aromatic rings. The number of halogens is 1. The molecule has 1 aromatic heterocycles. The van der Waals surface area contributed by atoms with E-state index in [1.54, 1.807) is 25.3 Å². The van der Waals surface area contributed by atoms with Crippen molar-refractivity contribution in [1.82, 2.24) is 4.98 Å². The smallest absolute Gasteiger partial charge is 0.295 e. The molecule has 8 heteroatoms. The number of carbonyl (C=O) groups excluding carboxylic acids is 1. The SMILES string of the molecule is Cc1ncccc1NC(=O)c1cc(F)cc([N+](=O)[O-])c1N. The van der Waals surface area contributed by atoms with E-state index in [-0.39, 0.29) is 11.3 Å². The van der Waals surface area contributed by atoms with E-state index in [1.165, 1.54) is 0 Å². The second-order valence-corrected chi connectivity index (χ2v) is 4.23. The van der Waals surface area contributed by atoms with Crippen molar-refractivity contribution in [3.63, 3.8) is 0 Å². The van der Waals surface area contributed by atoms with E-state index < -0.39 is 22.3 Å². The molecule has 0 spiro atoms. The quantitative estimate of drug-likeness (QED) is 0.511. The molecule has 0 radical (unpaired) electrons. The van der Waals surface area contributed by atoms with Crippen molar-refractivity contribution < 1.29 is 14.1 Å². The number of carbonyl (C=O) groups is 1. The van der Waals surface area contributed by atoms with Crippen molar-refractivity contribution in [2.45, 2.75) is 6.92 Å². The van der Waals surface area contributed by atoms with Crippen LogP contribution in [-0.2, 0) is 0 Å². The average molecular weight is 290 g/mol. The number of hydrogen-bond donors (Lipinski definition) is 2. The van der Waals surface area contributed by atoms with Crippen molar-refractivity contribution >= 4 is 23.0 Å². The summed E-state index contributed by atoms with van der Waals surface area (Å²) in [6.45, 7) is 1.67. The topological polar surface area (TPSA) is 111 Å². The molecule has 0 saturated heterocycles. The van der Waals surface area contributed by atoms with Crippen LogP contribution in [-0.4, -0.2) is 15.8 Å². The maximum Gasteiger partial charge on any atom is 0.295 e. The Hall–Kier alpha value is -3.03. The number of nitrogen functional groups attached to an aromatic ring is 1. The minimum atomic E-state index is -0.913. The normalized spacial score (nSPS) is 10.2. The van der Waals surface area contributed by atoms with Crippen LogP contribution in [0.3, 0.4) is 0 Å². The van der Waals surface area contributed by atoms with E-state index in [0.29, 0.717) is 17.4 Å². The monoisotopic (exact) mass is 290 g/mol. The van der Waals surface area contributed by atoms with E-state index in [2.05, 4.69) is 10.3 Å². The van der Waals surface area contributed by atoms with Gasteiger partial charge in [0.1, 0.15) is 11.5 Å². The molecular formula is C13H11FN4O3. The van der Waals surface area contributed by atoms with Crippen LogP contribution in [0.5, 0.6) is 0 Å². The van der Waals surface area contributed by atoms with Crippen molar-refractivity contribution in [3.05, 3.63) is 57.7 Å². The van der Waals surface area contributed by atoms with E-state index >= 15 is 0 Å². The Kier molecular flexibility index (Phi) is 3.79. The van der Waals surface area contributed by atoms with Gasteiger partial charge in [-0.3, -0.25) is 19.9 Å². The lowest BCUT2D eigenvalue weighted by Gasteiger charge is -2.09. The van der Waals surface area contributed by atoms with Crippen LogP contribution >= 0.6 is 0 Å². The summed E-state index contributed by atoms with van der Waals surface area (Å²) in [5.41, 5.74) is 5.18. The number of pyridine rings is 1. The first-order valence-electron chi connectivity index (χ1n) is 5.86. The predicted octanol–water partition coefficient (Wildman–Crippen LogP) is 2.27. The summed E-state index contributed by atoms with van der Waals surface area (Å²) in [6.07, 6.45) is 1.55. The van der Waals surface area contributed by atoms with Crippen LogP contribution < -0.4 is 11.1 Å². The van der Waals surface area contributed by atoms with Crippen LogP contribution in [0.1, 0.15) is 16.1 Å². The zero-order valence-corrected chi connectivity index (χ0v) is 11.0. The second kappa shape index (κ2) is 5.53. The Balaban J connectivity index is 2.40. The highest BCUT2D eigenvalue weighted by Crippen LogP contribution is 2.27. The van der Waals surface area contributed by atoms with E-state index in [4.69, 9.17) is 5.73 Å². The van der Waals surface area contributed by atoms with Gasteiger partial charge >= 0.3 is 0 Å². The Labute approximate surface area is 118 Å². The number of nitrogens with two attached hydrogens (primary N) is 1. The zero-order chi connectivity index (χ0) is 15.6. The first-order chi connectivity index (χ1) is 9.90. The summed E-state index contributed by atoms with van der Waals surface area (Å²) < 4.78 is 13.4. The van der Waals surface area contributed by atoms with Gasteiger partial charge in [0.25, 0.3) is 11.6 Å². The number of nitrogens with zero attached hydrogens (tertiary/aromatic N) is 2. The van der Waals surface area contributed by atoms with Gasteiger partial charge in [0.05, 0.1) is 27.9 Å². The van der Waals surface area contributed by atoms with Gasteiger partial charge in [-0.1, -0.05) is 0 Å². The third-order valence-corrected chi connectivity index (χ3v) is 2.82. The summed E-state index contributed by atoms with van der Waals surface area (Å²) in [5, 5.41) is 13.3. The highest BCUT2D eigenvalue weighted by Gasteiger charge is 2.22. The number of amides is 1. The van der Waals surface area contributed by atoms with E-state index in [0.717, 1.165) is 6.07 Å². The largest absolute Gasteiger partial charge is 0.393 e. The minimum absolute atomic E-state index is 0.301. The van der Waals surface area contributed by atoms with Gasteiger partial charge in [-0.05, 0) is 25.1 Å². The van der Waals surface area contributed by atoms with Crippen LogP contribution in [0.4, 0.5) is 21.5 Å². The number of benzene rings is 1. The zero-order valence-electron chi connectivity index (χ0n) is 11.0. The summed E-state index contributed by atoms with van der Waals surface area (Å²) in [6, 6.07) is 4.73. The molecule has 7 nitrogen and oxygen atoms in total. The van der Waals surface area contributed by atoms with Crippen LogP contribution in [0.2, 0.25) is 0 Å². The molecule has 21 heavy (non-hydrogen) atoms. The number of nitrogens with one attached hydrogen (secondary N) is 1. The average Bonchev–Trinajstić information content (AvgIpc) is 2.43. The first-order valence-corrected chi connectivity index (χ1v) is 5.86. The van der Waals surface area contributed by atoms with Crippen molar-refractivity contribution in [2.75, 3.05) is 11.1 Å². The van der Waals surface area contributed by atoms with E-state index in [9.17, 15) is 19.3 Å². The van der Waals surface area contributed by atoms with Gasteiger partial charge in [0.15, 0.2) is 0 Å². The molecule has 0 aliphatic rings. The van der Waals surface area contributed by atoms with Gasteiger partial charge in [0.2, 0.25) is 0 Å². The number of anilines is 2. The fraction of sp³-hybridized carbons (Fsp3) is 0.0769. The Morgan fingerprint density at radius 2 is 2.19 bits per heavy atom. The Bertz CT molecular complexity index is 733. The van der Waals surface area contributed by atoms with Gasteiger partial charge in [-0.2, -0.15) is 0 Å². The standard InChI is InChI=1S/C13H11FN4O3/c1-7-10(3-2-4-16-7)17-13(19)9-5-8(14)6-11(12(9)15)18(20)21/h2-6H,15H2,1H3,(H,17,19). The number of hydrogen-bond acceptors (Lipinski definition) is 5. The maximum absolute atomic E-state index is 13.4. The fourth-order valence-electron chi connectivity index (χ4n) is 1.75. The molecule has 2 rings (SSSR count). The van der Waals surface area contributed by atoms with Crippen molar-refractivity contribution in [3.8, 4) is 0 Å². The lowest BCUT2D eigenvalue weighted by molar-refractivity contribution is -0.384. The second-order valence-electron chi connectivity index (χ2n) is 4.23. The van der Waals surface area contributed by atoms with Crippen LogP contribution in [0.25, 0.3) is 0 Å². The summed E-state index contributed by atoms with van der Waals surface area (Å²) in [5.74, 6) is -1.66. The van der Waals surface area contributed by atoms with Crippen LogP contribution in [0, 0.1) is 22.9 Å². The fourth-order valence-corrected chi connectivity index (χ4v) is 1.75. The molecule has 0 unspecified atom stereocenters. The van der Waals surface area contributed by atoms with E-state index in [1.807, 2.05) is 0 Å². The molecule has 1 amide bonds. The molecule has 0 saturated carbocycles. The summed E-state index contributed by atoms with van der Waals surface area (Å²) in [7, 11) is 0.